The van der Waals surface area contributed by atoms with Gasteiger partial charge >= 0.3 is 0 Å². The molecule has 0 radical (unpaired) electrons. The predicted molar refractivity (Wildman–Crippen MR) is 88.8 cm³/mol. The molecule has 0 saturated carbocycles. The van der Waals surface area contributed by atoms with E-state index in [1.54, 1.807) is 0 Å². The largest absolute Gasteiger partial charge is 0.381 e. The van der Waals surface area contributed by atoms with Crippen molar-refractivity contribution in [3.05, 3.63) is 35.9 Å². The van der Waals surface area contributed by atoms with Crippen LogP contribution in [0.15, 0.2) is 30.3 Å². The lowest BCUT2D eigenvalue weighted by molar-refractivity contribution is -0.126. The summed E-state index contributed by atoms with van der Waals surface area (Å²) in [6.07, 6.45) is 3.71. The number of carbonyl (C=O) groups is 1. The van der Waals surface area contributed by atoms with Gasteiger partial charge in [0.2, 0.25) is 5.91 Å². The van der Waals surface area contributed by atoms with Crippen LogP contribution in [-0.4, -0.2) is 38.3 Å². The molecule has 22 heavy (non-hydrogen) atoms. The Morgan fingerprint density at radius 3 is 2.91 bits per heavy atom. The molecular formula is C18H28N2O2. The van der Waals surface area contributed by atoms with Crippen molar-refractivity contribution in [1.82, 2.24) is 10.6 Å². The van der Waals surface area contributed by atoms with Crippen LogP contribution in [0.2, 0.25) is 0 Å². The monoisotopic (exact) mass is 304 g/mol. The molecule has 122 valence electrons. The van der Waals surface area contributed by atoms with Gasteiger partial charge < -0.3 is 15.4 Å². The van der Waals surface area contributed by atoms with Crippen LogP contribution >= 0.6 is 0 Å². The van der Waals surface area contributed by atoms with Gasteiger partial charge in [-0.2, -0.15) is 0 Å². The third-order valence-corrected chi connectivity index (χ3v) is 4.14. The highest BCUT2D eigenvalue weighted by atomic mass is 16.5. The Bertz CT molecular complexity index is 436. The van der Waals surface area contributed by atoms with Gasteiger partial charge in [-0.1, -0.05) is 30.3 Å². The van der Waals surface area contributed by atoms with Gasteiger partial charge in [0.1, 0.15) is 0 Å². The predicted octanol–water partition coefficient (Wildman–Crippen LogP) is 2.14. The van der Waals surface area contributed by atoms with Gasteiger partial charge in [-0.25, -0.2) is 0 Å². The summed E-state index contributed by atoms with van der Waals surface area (Å²) in [5.41, 5.74) is 1.30. The fraction of sp³-hybridized carbons (Fsp3) is 0.611. The standard InChI is InChI=1S/C18H28N2O2/c1-15-14-17(8-11-19-15)18(21)20-10-5-12-22-13-9-16-6-3-2-4-7-16/h2-4,6-7,15,17,19H,5,8-14H2,1H3,(H,20,21)/t15-,17-/m0/s1. The summed E-state index contributed by atoms with van der Waals surface area (Å²) in [4.78, 5) is 12.0. The fourth-order valence-electron chi connectivity index (χ4n) is 2.84. The van der Waals surface area contributed by atoms with Crippen molar-refractivity contribution < 1.29 is 9.53 Å². The van der Waals surface area contributed by atoms with E-state index in [4.69, 9.17) is 4.74 Å². The summed E-state index contributed by atoms with van der Waals surface area (Å²) < 4.78 is 5.62. The molecule has 0 bridgehead atoms. The van der Waals surface area contributed by atoms with Crippen molar-refractivity contribution >= 4 is 5.91 Å². The van der Waals surface area contributed by atoms with Crippen LogP contribution in [0.4, 0.5) is 0 Å². The van der Waals surface area contributed by atoms with Crippen molar-refractivity contribution in [1.29, 1.82) is 0 Å². The molecule has 0 aliphatic carbocycles. The molecule has 4 nitrogen and oxygen atoms in total. The molecule has 1 aromatic rings. The Balaban J connectivity index is 1.48. The lowest BCUT2D eigenvalue weighted by Gasteiger charge is -2.27. The van der Waals surface area contributed by atoms with Crippen molar-refractivity contribution in [2.75, 3.05) is 26.3 Å². The first-order valence-electron chi connectivity index (χ1n) is 8.38. The minimum absolute atomic E-state index is 0.176. The molecule has 4 heteroatoms. The highest BCUT2D eigenvalue weighted by Gasteiger charge is 2.24. The first-order chi connectivity index (χ1) is 10.8. The quantitative estimate of drug-likeness (QED) is 0.724. The molecule has 2 rings (SSSR count). The van der Waals surface area contributed by atoms with E-state index in [2.05, 4.69) is 29.7 Å². The van der Waals surface area contributed by atoms with E-state index >= 15 is 0 Å². The van der Waals surface area contributed by atoms with E-state index < -0.39 is 0 Å². The van der Waals surface area contributed by atoms with E-state index in [1.165, 1.54) is 5.56 Å². The molecule has 1 aliphatic heterocycles. The SMILES string of the molecule is C[C@H]1C[C@@H](C(=O)NCCCOCCc2ccccc2)CCN1. The molecule has 0 unspecified atom stereocenters. The van der Waals surface area contributed by atoms with Crippen LogP contribution in [0.25, 0.3) is 0 Å². The zero-order valence-corrected chi connectivity index (χ0v) is 13.5. The van der Waals surface area contributed by atoms with Gasteiger partial charge in [0.25, 0.3) is 0 Å². The number of carbonyl (C=O) groups excluding carboxylic acids is 1. The van der Waals surface area contributed by atoms with Crippen molar-refractivity contribution in [2.24, 2.45) is 5.92 Å². The first-order valence-corrected chi connectivity index (χ1v) is 8.38. The third kappa shape index (κ3) is 6.16. The lowest BCUT2D eigenvalue weighted by Crippen LogP contribution is -2.42. The molecule has 1 heterocycles. The van der Waals surface area contributed by atoms with Gasteiger partial charge in [0.15, 0.2) is 0 Å². The molecule has 1 saturated heterocycles. The Labute approximate surface area is 133 Å². The Hall–Kier alpha value is -1.39. The minimum atomic E-state index is 0.176. The molecule has 0 aromatic heterocycles. The van der Waals surface area contributed by atoms with Crippen LogP contribution in [0.3, 0.4) is 0 Å². The lowest BCUT2D eigenvalue weighted by atomic mass is 9.92. The second kappa shape index (κ2) is 9.59. The van der Waals surface area contributed by atoms with Crippen molar-refractivity contribution in [3.63, 3.8) is 0 Å². The first kappa shape index (κ1) is 17.0. The number of nitrogens with one attached hydrogen (secondary N) is 2. The van der Waals surface area contributed by atoms with Gasteiger partial charge in [-0.05, 0) is 44.7 Å². The average molecular weight is 304 g/mol. The van der Waals surface area contributed by atoms with Crippen LogP contribution in [-0.2, 0) is 16.0 Å². The maximum Gasteiger partial charge on any atom is 0.223 e. The van der Waals surface area contributed by atoms with Crippen LogP contribution in [0.5, 0.6) is 0 Å². The summed E-state index contributed by atoms with van der Waals surface area (Å²) in [5.74, 6) is 0.382. The summed E-state index contributed by atoms with van der Waals surface area (Å²) in [6.45, 7) is 5.24. The molecule has 2 atom stereocenters. The molecule has 2 N–H and O–H groups in total. The zero-order valence-electron chi connectivity index (χ0n) is 13.5. The molecule has 1 aromatic carbocycles. The number of piperidine rings is 1. The second-order valence-electron chi connectivity index (χ2n) is 6.07. The average Bonchev–Trinajstić information content (AvgIpc) is 2.54. The summed E-state index contributed by atoms with van der Waals surface area (Å²) in [6, 6.07) is 10.8. The number of ether oxygens (including phenoxy) is 1. The molecule has 0 spiro atoms. The van der Waals surface area contributed by atoms with Crippen molar-refractivity contribution in [3.8, 4) is 0 Å². The highest BCUT2D eigenvalue weighted by molar-refractivity contribution is 5.78. The fourth-order valence-corrected chi connectivity index (χ4v) is 2.84. The van der Waals surface area contributed by atoms with Crippen LogP contribution in [0, 0.1) is 5.92 Å². The minimum Gasteiger partial charge on any atom is -0.381 e. The van der Waals surface area contributed by atoms with E-state index in [0.29, 0.717) is 19.2 Å². The molecule has 1 aliphatic rings. The van der Waals surface area contributed by atoms with Gasteiger partial charge in [0.05, 0.1) is 6.61 Å². The highest BCUT2D eigenvalue weighted by Crippen LogP contribution is 2.15. The Morgan fingerprint density at radius 1 is 1.32 bits per heavy atom. The van der Waals surface area contributed by atoms with E-state index in [0.717, 1.165) is 38.8 Å². The maximum atomic E-state index is 12.0. The summed E-state index contributed by atoms with van der Waals surface area (Å²) in [7, 11) is 0. The second-order valence-corrected chi connectivity index (χ2v) is 6.07. The van der Waals surface area contributed by atoms with Crippen LogP contribution < -0.4 is 10.6 Å². The maximum absolute atomic E-state index is 12.0. The number of rotatable bonds is 8. The third-order valence-electron chi connectivity index (χ3n) is 4.14. The number of hydrogen-bond donors (Lipinski definition) is 2. The van der Waals surface area contributed by atoms with E-state index in [1.807, 2.05) is 18.2 Å². The van der Waals surface area contributed by atoms with Gasteiger partial charge in [-0.15, -0.1) is 0 Å². The van der Waals surface area contributed by atoms with E-state index in [-0.39, 0.29) is 11.8 Å². The Kier molecular flexibility index (Phi) is 7.40. The smallest absolute Gasteiger partial charge is 0.223 e. The Morgan fingerprint density at radius 2 is 2.14 bits per heavy atom. The number of benzene rings is 1. The molecule has 1 amide bonds. The molecule has 1 fully saturated rings. The number of hydrogen-bond acceptors (Lipinski definition) is 3. The normalized spacial score (nSPS) is 21.5. The summed E-state index contributed by atoms with van der Waals surface area (Å²) >= 11 is 0. The summed E-state index contributed by atoms with van der Waals surface area (Å²) in [5, 5.41) is 6.41. The zero-order chi connectivity index (χ0) is 15.6. The van der Waals surface area contributed by atoms with Gasteiger partial charge in [-0.3, -0.25) is 4.79 Å². The van der Waals surface area contributed by atoms with Crippen molar-refractivity contribution in [2.45, 2.75) is 38.6 Å². The number of amides is 1. The molecular weight excluding hydrogens is 276 g/mol. The van der Waals surface area contributed by atoms with Crippen LogP contribution in [0.1, 0.15) is 31.7 Å². The van der Waals surface area contributed by atoms with E-state index in [9.17, 15) is 4.79 Å². The topological polar surface area (TPSA) is 50.4 Å². The van der Waals surface area contributed by atoms with Gasteiger partial charge in [0, 0.05) is 25.1 Å².